The normalized spacial score (nSPS) is 11.3. The maximum atomic E-state index is 11.7. The summed E-state index contributed by atoms with van der Waals surface area (Å²) in [5, 5.41) is 0.346. The van der Waals surface area contributed by atoms with Crippen LogP contribution in [0.2, 0.25) is 5.15 Å². The zero-order chi connectivity index (χ0) is 13.2. The van der Waals surface area contributed by atoms with Gasteiger partial charge in [-0.25, -0.2) is 9.19 Å². The summed E-state index contributed by atoms with van der Waals surface area (Å²) in [5.41, 5.74) is 1.94. The van der Waals surface area contributed by atoms with E-state index in [1.54, 1.807) is 24.6 Å². The van der Waals surface area contributed by atoms with Crippen molar-refractivity contribution in [3.05, 3.63) is 47.6 Å². The van der Waals surface area contributed by atoms with Crippen molar-refractivity contribution in [3.8, 4) is 11.1 Å². The SMILES string of the molecule is CS(C)(=O)=Nc1cc(-c2ccccc2)cc(Cl)n1. The van der Waals surface area contributed by atoms with Crippen LogP contribution in [0.25, 0.3) is 11.1 Å². The molecule has 1 aromatic carbocycles. The molecule has 0 radical (unpaired) electrons. The van der Waals surface area contributed by atoms with Gasteiger partial charge >= 0.3 is 0 Å². The molecule has 0 aliphatic heterocycles. The number of halogens is 1. The average molecular weight is 281 g/mol. The van der Waals surface area contributed by atoms with E-state index in [0.717, 1.165) is 11.1 Å². The molecule has 0 amide bonds. The Morgan fingerprint density at radius 2 is 1.78 bits per heavy atom. The number of aromatic nitrogens is 1. The van der Waals surface area contributed by atoms with E-state index in [1.165, 1.54) is 0 Å². The van der Waals surface area contributed by atoms with Gasteiger partial charge in [0.2, 0.25) is 0 Å². The Hall–Kier alpha value is -1.39. The zero-order valence-corrected chi connectivity index (χ0v) is 11.7. The number of rotatable bonds is 2. The lowest BCUT2D eigenvalue weighted by Crippen LogP contribution is -1.90. The topological polar surface area (TPSA) is 42.3 Å². The Balaban J connectivity index is 2.56. The second-order valence-electron chi connectivity index (χ2n) is 4.18. The fraction of sp³-hybridized carbons (Fsp3) is 0.154. The molecule has 0 unspecified atom stereocenters. The van der Waals surface area contributed by atoms with Crippen molar-refractivity contribution in [1.29, 1.82) is 0 Å². The lowest BCUT2D eigenvalue weighted by Gasteiger charge is -2.04. The molecule has 0 saturated heterocycles. The summed E-state index contributed by atoms with van der Waals surface area (Å²) in [6, 6.07) is 13.3. The molecule has 2 rings (SSSR count). The minimum absolute atomic E-state index is 0.346. The first kappa shape index (κ1) is 13.1. The number of benzene rings is 1. The van der Waals surface area contributed by atoms with E-state index in [4.69, 9.17) is 11.6 Å². The number of pyridine rings is 1. The highest BCUT2D eigenvalue weighted by Crippen LogP contribution is 2.26. The van der Waals surface area contributed by atoms with E-state index in [0.29, 0.717) is 11.0 Å². The van der Waals surface area contributed by atoms with Crippen molar-refractivity contribution in [2.45, 2.75) is 0 Å². The summed E-state index contributed by atoms with van der Waals surface area (Å²) < 4.78 is 15.7. The highest BCUT2D eigenvalue weighted by Gasteiger charge is 2.04. The Morgan fingerprint density at radius 1 is 1.11 bits per heavy atom. The maximum absolute atomic E-state index is 11.7. The third-order valence-electron chi connectivity index (χ3n) is 2.20. The average Bonchev–Trinajstić information content (AvgIpc) is 2.27. The highest BCUT2D eigenvalue weighted by atomic mass is 35.5. The summed E-state index contributed by atoms with van der Waals surface area (Å²) in [6.07, 6.45) is 3.13. The van der Waals surface area contributed by atoms with Crippen LogP contribution < -0.4 is 0 Å². The van der Waals surface area contributed by atoms with Crippen molar-refractivity contribution in [2.75, 3.05) is 12.5 Å². The van der Waals surface area contributed by atoms with E-state index in [9.17, 15) is 4.21 Å². The molecule has 1 aromatic heterocycles. The fourth-order valence-corrected chi connectivity index (χ4v) is 2.30. The minimum atomic E-state index is -2.24. The standard InChI is InChI=1S/C13H13ClN2OS/c1-18(2,17)16-13-9-11(8-12(14)15-13)10-6-4-3-5-7-10/h3-9H,1-2H3. The second-order valence-corrected chi connectivity index (χ2v) is 7.11. The Labute approximate surface area is 112 Å². The Bertz CT molecular complexity index is 669. The molecule has 0 fully saturated rings. The summed E-state index contributed by atoms with van der Waals surface area (Å²) in [5.74, 6) is 0.399. The summed E-state index contributed by atoms with van der Waals surface area (Å²) >= 11 is 5.96. The van der Waals surface area contributed by atoms with Gasteiger partial charge < -0.3 is 0 Å². The van der Waals surface area contributed by atoms with Crippen LogP contribution in [-0.4, -0.2) is 21.7 Å². The molecule has 2 aromatic rings. The van der Waals surface area contributed by atoms with Gasteiger partial charge in [0.05, 0.1) is 0 Å². The van der Waals surface area contributed by atoms with Crippen LogP contribution >= 0.6 is 11.6 Å². The van der Waals surface area contributed by atoms with Crippen molar-refractivity contribution in [3.63, 3.8) is 0 Å². The molecule has 3 nitrogen and oxygen atoms in total. The first-order valence-corrected chi connectivity index (χ1v) is 8.05. The van der Waals surface area contributed by atoms with Gasteiger partial charge in [0.25, 0.3) is 0 Å². The lowest BCUT2D eigenvalue weighted by atomic mass is 10.1. The Kier molecular flexibility index (Phi) is 3.68. The number of hydrogen-bond acceptors (Lipinski definition) is 3. The van der Waals surface area contributed by atoms with Crippen molar-refractivity contribution < 1.29 is 4.21 Å². The molecule has 18 heavy (non-hydrogen) atoms. The van der Waals surface area contributed by atoms with Gasteiger partial charge in [0, 0.05) is 22.2 Å². The second kappa shape index (κ2) is 5.08. The predicted molar refractivity (Wildman–Crippen MR) is 76.8 cm³/mol. The molecule has 0 spiro atoms. The van der Waals surface area contributed by atoms with Crippen LogP contribution in [-0.2, 0) is 9.73 Å². The summed E-state index contributed by atoms with van der Waals surface area (Å²) in [7, 11) is -2.24. The van der Waals surface area contributed by atoms with Crippen molar-refractivity contribution >= 4 is 27.1 Å². The van der Waals surface area contributed by atoms with Crippen LogP contribution in [0.1, 0.15) is 0 Å². The first-order chi connectivity index (χ1) is 8.44. The first-order valence-electron chi connectivity index (χ1n) is 5.34. The van der Waals surface area contributed by atoms with E-state index in [2.05, 4.69) is 9.35 Å². The molecule has 0 saturated carbocycles. The predicted octanol–water partition coefficient (Wildman–Crippen LogP) is 3.76. The van der Waals surface area contributed by atoms with Gasteiger partial charge in [-0.15, -0.1) is 0 Å². The molecule has 1 heterocycles. The minimum Gasteiger partial charge on any atom is -0.250 e. The van der Waals surface area contributed by atoms with E-state index < -0.39 is 9.73 Å². The van der Waals surface area contributed by atoms with Crippen LogP contribution in [0.4, 0.5) is 5.82 Å². The number of hydrogen-bond donors (Lipinski definition) is 0. The molecule has 94 valence electrons. The van der Waals surface area contributed by atoms with Crippen LogP contribution in [0, 0.1) is 0 Å². The molecular weight excluding hydrogens is 268 g/mol. The molecule has 0 atom stereocenters. The fourth-order valence-electron chi connectivity index (χ4n) is 1.55. The molecular formula is C13H13ClN2OS. The van der Waals surface area contributed by atoms with E-state index >= 15 is 0 Å². The molecule has 0 aliphatic carbocycles. The van der Waals surface area contributed by atoms with Crippen molar-refractivity contribution in [2.24, 2.45) is 4.36 Å². The molecule has 0 N–H and O–H groups in total. The van der Waals surface area contributed by atoms with Crippen molar-refractivity contribution in [1.82, 2.24) is 4.98 Å². The van der Waals surface area contributed by atoms with Crippen LogP contribution in [0.5, 0.6) is 0 Å². The largest absolute Gasteiger partial charge is 0.250 e. The highest BCUT2D eigenvalue weighted by molar-refractivity contribution is 7.92. The summed E-state index contributed by atoms with van der Waals surface area (Å²) in [6.45, 7) is 0. The molecule has 5 heteroatoms. The van der Waals surface area contributed by atoms with Gasteiger partial charge in [0.1, 0.15) is 5.15 Å². The third-order valence-corrected chi connectivity index (χ3v) is 3.02. The third kappa shape index (κ3) is 3.55. The van der Waals surface area contributed by atoms with Gasteiger partial charge in [-0.2, -0.15) is 4.36 Å². The van der Waals surface area contributed by atoms with E-state index in [1.807, 2.05) is 30.3 Å². The van der Waals surface area contributed by atoms with Gasteiger partial charge in [-0.05, 0) is 23.3 Å². The van der Waals surface area contributed by atoms with Gasteiger partial charge in [0.15, 0.2) is 5.82 Å². The zero-order valence-electron chi connectivity index (χ0n) is 10.1. The maximum Gasteiger partial charge on any atom is 0.163 e. The molecule has 0 aliphatic rings. The summed E-state index contributed by atoms with van der Waals surface area (Å²) in [4.78, 5) is 4.06. The van der Waals surface area contributed by atoms with Crippen LogP contribution in [0.3, 0.4) is 0 Å². The lowest BCUT2D eigenvalue weighted by molar-refractivity contribution is 0.684. The van der Waals surface area contributed by atoms with Crippen LogP contribution in [0.15, 0.2) is 46.8 Å². The van der Waals surface area contributed by atoms with E-state index in [-0.39, 0.29) is 0 Å². The van der Waals surface area contributed by atoms with Gasteiger partial charge in [-0.3, -0.25) is 0 Å². The monoisotopic (exact) mass is 280 g/mol. The molecule has 0 bridgehead atoms. The van der Waals surface area contributed by atoms with Gasteiger partial charge in [-0.1, -0.05) is 41.9 Å². The smallest absolute Gasteiger partial charge is 0.163 e. The Morgan fingerprint density at radius 3 is 2.39 bits per heavy atom. The quantitative estimate of drug-likeness (QED) is 0.786. The number of nitrogens with zero attached hydrogens (tertiary/aromatic N) is 2.